The summed E-state index contributed by atoms with van der Waals surface area (Å²) in [4.78, 5) is 23.0. The van der Waals surface area contributed by atoms with Crippen LogP contribution in [0.2, 0.25) is 0 Å². The fourth-order valence-corrected chi connectivity index (χ4v) is 2.15. The summed E-state index contributed by atoms with van der Waals surface area (Å²) in [6.07, 6.45) is 0. The number of carbonyl (C=O) groups is 2. The van der Waals surface area contributed by atoms with E-state index in [9.17, 15) is 14.7 Å². The quantitative estimate of drug-likeness (QED) is 0.681. The predicted octanol–water partition coefficient (Wildman–Crippen LogP) is 0.00660. The van der Waals surface area contributed by atoms with Crippen LogP contribution in [0.4, 0.5) is 0 Å². The smallest absolute Gasteiger partial charge is 0.264 e. The number of primary amides is 2. The molecule has 0 unspecified atom stereocenters. The Morgan fingerprint density at radius 3 is 2.10 bits per heavy atom. The summed E-state index contributed by atoms with van der Waals surface area (Å²) in [6.45, 7) is 0. The molecule has 104 valence electrons. The number of carbonyl (C=O) groups excluding carboxylic acids is 2. The number of amides is 2. The third kappa shape index (κ3) is 1.86. The van der Waals surface area contributed by atoms with E-state index < -0.39 is 17.4 Å². The average Bonchev–Trinajstić information content (AvgIpc) is 2.44. The van der Waals surface area contributed by atoms with Crippen LogP contribution in [0.3, 0.4) is 0 Å². The number of hydrogen-bond acceptors (Lipinski definition) is 4. The molecule has 0 aromatic heterocycles. The van der Waals surface area contributed by atoms with Gasteiger partial charge in [-0.3, -0.25) is 9.59 Å². The topological polar surface area (TPSA) is 116 Å². The van der Waals surface area contributed by atoms with E-state index in [4.69, 9.17) is 16.2 Å². The maximum Gasteiger partial charge on any atom is 0.264 e. The van der Waals surface area contributed by atoms with E-state index >= 15 is 0 Å². The lowest BCUT2D eigenvalue weighted by Crippen LogP contribution is -2.51. The molecule has 0 atom stereocenters. The van der Waals surface area contributed by atoms with Crippen LogP contribution in [0.25, 0.3) is 10.8 Å². The Labute approximate surface area is 114 Å². The molecule has 0 aliphatic carbocycles. The van der Waals surface area contributed by atoms with Gasteiger partial charge in [0.2, 0.25) is 5.60 Å². The molecule has 0 saturated carbocycles. The van der Waals surface area contributed by atoms with E-state index in [1.807, 2.05) is 0 Å². The molecule has 2 amide bonds. The van der Waals surface area contributed by atoms with Gasteiger partial charge in [0.05, 0.1) is 7.11 Å². The van der Waals surface area contributed by atoms with Gasteiger partial charge >= 0.3 is 0 Å². The number of benzene rings is 2. The third-order valence-electron chi connectivity index (χ3n) is 3.21. The minimum absolute atomic E-state index is 0.0360. The Morgan fingerprint density at radius 1 is 1.05 bits per heavy atom. The van der Waals surface area contributed by atoms with Gasteiger partial charge in [-0.1, -0.05) is 30.3 Å². The van der Waals surface area contributed by atoms with Crippen LogP contribution in [-0.4, -0.2) is 24.0 Å². The van der Waals surface area contributed by atoms with E-state index in [0.29, 0.717) is 16.5 Å². The van der Waals surface area contributed by atoms with Crippen LogP contribution in [0.1, 0.15) is 5.56 Å². The molecular formula is C14H14N2O4. The Morgan fingerprint density at radius 2 is 1.60 bits per heavy atom. The first kappa shape index (κ1) is 13.8. The first-order valence-electron chi connectivity index (χ1n) is 5.81. The van der Waals surface area contributed by atoms with Crippen LogP contribution in [-0.2, 0) is 15.2 Å². The summed E-state index contributed by atoms with van der Waals surface area (Å²) in [5, 5.41) is 11.4. The number of rotatable bonds is 4. The summed E-state index contributed by atoms with van der Waals surface area (Å²) in [6, 6.07) is 9.78. The summed E-state index contributed by atoms with van der Waals surface area (Å²) in [7, 11) is 1.50. The van der Waals surface area contributed by atoms with Crippen molar-refractivity contribution in [2.24, 2.45) is 11.5 Å². The van der Waals surface area contributed by atoms with Gasteiger partial charge in [0, 0.05) is 10.9 Å². The lowest BCUT2D eigenvalue weighted by atomic mass is 9.88. The highest BCUT2D eigenvalue weighted by Gasteiger charge is 2.44. The summed E-state index contributed by atoms with van der Waals surface area (Å²) in [5.74, 6) is -1.90. The lowest BCUT2D eigenvalue weighted by molar-refractivity contribution is -0.150. The number of aliphatic hydroxyl groups is 1. The van der Waals surface area contributed by atoms with Crippen LogP contribution in [0.5, 0.6) is 5.75 Å². The number of fused-ring (bicyclic) bond motifs is 1. The van der Waals surface area contributed by atoms with E-state index in [0.717, 1.165) is 0 Å². The van der Waals surface area contributed by atoms with E-state index in [1.54, 1.807) is 24.3 Å². The van der Waals surface area contributed by atoms with Crippen LogP contribution in [0.15, 0.2) is 36.4 Å². The van der Waals surface area contributed by atoms with Gasteiger partial charge in [-0.25, -0.2) is 0 Å². The van der Waals surface area contributed by atoms with Crippen molar-refractivity contribution in [3.05, 3.63) is 42.0 Å². The minimum Gasteiger partial charge on any atom is -0.496 e. The molecule has 2 rings (SSSR count). The van der Waals surface area contributed by atoms with Crippen molar-refractivity contribution in [1.82, 2.24) is 0 Å². The Hall–Kier alpha value is -2.60. The Kier molecular flexibility index (Phi) is 3.33. The minimum atomic E-state index is -2.56. The number of hydrogen-bond donors (Lipinski definition) is 3. The zero-order chi connectivity index (χ0) is 14.9. The normalized spacial score (nSPS) is 11.3. The molecule has 5 N–H and O–H groups in total. The lowest BCUT2D eigenvalue weighted by Gasteiger charge is -2.23. The van der Waals surface area contributed by atoms with E-state index in [-0.39, 0.29) is 5.56 Å². The monoisotopic (exact) mass is 274 g/mol. The van der Waals surface area contributed by atoms with Crippen molar-refractivity contribution >= 4 is 22.6 Å². The molecule has 0 aliphatic rings. The number of ether oxygens (including phenoxy) is 1. The molecule has 2 aromatic rings. The molecule has 0 fully saturated rings. The van der Waals surface area contributed by atoms with Crippen molar-refractivity contribution in [3.8, 4) is 5.75 Å². The van der Waals surface area contributed by atoms with Crippen LogP contribution < -0.4 is 16.2 Å². The maximum atomic E-state index is 11.5. The molecule has 0 spiro atoms. The molecule has 0 heterocycles. The van der Waals surface area contributed by atoms with Gasteiger partial charge < -0.3 is 21.3 Å². The van der Waals surface area contributed by atoms with Crippen LogP contribution in [0, 0.1) is 0 Å². The summed E-state index contributed by atoms with van der Waals surface area (Å²) in [5.41, 5.74) is 7.76. The molecule has 6 heteroatoms. The fraction of sp³-hybridized carbons (Fsp3) is 0.143. The molecular weight excluding hydrogens is 260 g/mol. The first-order valence-corrected chi connectivity index (χ1v) is 5.81. The van der Waals surface area contributed by atoms with Crippen molar-refractivity contribution in [3.63, 3.8) is 0 Å². The second-order valence-corrected chi connectivity index (χ2v) is 4.30. The van der Waals surface area contributed by atoms with Crippen LogP contribution >= 0.6 is 0 Å². The van der Waals surface area contributed by atoms with Gasteiger partial charge in [-0.15, -0.1) is 0 Å². The molecule has 0 bridgehead atoms. The van der Waals surface area contributed by atoms with Crippen molar-refractivity contribution in [1.29, 1.82) is 0 Å². The molecule has 0 aliphatic heterocycles. The van der Waals surface area contributed by atoms with Gasteiger partial charge in [-0.05, 0) is 11.5 Å². The van der Waals surface area contributed by atoms with Gasteiger partial charge in [0.1, 0.15) is 5.75 Å². The van der Waals surface area contributed by atoms with E-state index in [1.165, 1.54) is 19.2 Å². The standard InChI is InChI=1S/C14H14N2O4/c1-20-11-7-6-10(8-4-2-3-5-9(8)11)14(19,12(15)17)13(16)18/h2-7,19H,1H3,(H2,15,17)(H2,16,18). The third-order valence-corrected chi connectivity index (χ3v) is 3.21. The van der Waals surface area contributed by atoms with Gasteiger partial charge in [0.15, 0.2) is 0 Å². The van der Waals surface area contributed by atoms with E-state index in [2.05, 4.69) is 0 Å². The van der Waals surface area contributed by atoms with Crippen molar-refractivity contribution in [2.45, 2.75) is 5.60 Å². The summed E-state index contributed by atoms with van der Waals surface area (Å²) < 4.78 is 5.20. The highest BCUT2D eigenvalue weighted by molar-refractivity contribution is 6.11. The molecule has 0 radical (unpaired) electrons. The Bertz CT molecular complexity index is 683. The average molecular weight is 274 g/mol. The zero-order valence-corrected chi connectivity index (χ0v) is 10.8. The Balaban J connectivity index is 2.85. The first-order chi connectivity index (χ1) is 9.42. The second-order valence-electron chi connectivity index (χ2n) is 4.30. The second kappa shape index (κ2) is 4.82. The van der Waals surface area contributed by atoms with Crippen molar-refractivity contribution < 1.29 is 19.4 Å². The highest BCUT2D eigenvalue weighted by atomic mass is 16.5. The summed E-state index contributed by atoms with van der Waals surface area (Å²) >= 11 is 0. The molecule has 6 nitrogen and oxygen atoms in total. The largest absolute Gasteiger partial charge is 0.496 e. The fourth-order valence-electron chi connectivity index (χ4n) is 2.15. The number of methoxy groups -OCH3 is 1. The van der Waals surface area contributed by atoms with Gasteiger partial charge in [0.25, 0.3) is 11.8 Å². The molecule has 20 heavy (non-hydrogen) atoms. The SMILES string of the molecule is COc1ccc(C(O)(C(N)=O)C(N)=O)c2ccccc12. The van der Waals surface area contributed by atoms with Gasteiger partial charge in [-0.2, -0.15) is 0 Å². The maximum absolute atomic E-state index is 11.5. The number of nitrogens with two attached hydrogens (primary N) is 2. The molecule has 2 aromatic carbocycles. The highest BCUT2D eigenvalue weighted by Crippen LogP contribution is 2.34. The molecule has 0 saturated heterocycles. The van der Waals surface area contributed by atoms with Crippen molar-refractivity contribution in [2.75, 3.05) is 7.11 Å². The zero-order valence-electron chi connectivity index (χ0n) is 10.8. The predicted molar refractivity (Wildman–Crippen MR) is 72.8 cm³/mol.